The third-order valence-corrected chi connectivity index (χ3v) is 5.84. The van der Waals surface area contributed by atoms with E-state index in [9.17, 15) is 4.79 Å². The van der Waals surface area contributed by atoms with Crippen molar-refractivity contribution in [2.45, 2.75) is 26.3 Å². The summed E-state index contributed by atoms with van der Waals surface area (Å²) in [6, 6.07) is 15.9. The Morgan fingerprint density at radius 3 is 2.30 bits per heavy atom. The monoisotopic (exact) mass is 429 g/mol. The summed E-state index contributed by atoms with van der Waals surface area (Å²) in [6.45, 7) is 9.86. The van der Waals surface area contributed by atoms with Crippen LogP contribution < -0.4 is 10.1 Å². The molecule has 1 fully saturated rings. The summed E-state index contributed by atoms with van der Waals surface area (Å²) in [5, 5.41) is 3.84. The number of piperazine rings is 1. The summed E-state index contributed by atoms with van der Waals surface area (Å²) >= 11 is 5.89. The minimum absolute atomic E-state index is 0.0229. The number of amides is 1. The molecule has 1 N–H and O–H groups in total. The van der Waals surface area contributed by atoms with Crippen molar-refractivity contribution in [3.63, 3.8) is 0 Å². The van der Waals surface area contributed by atoms with E-state index in [0.717, 1.165) is 50.5 Å². The molecule has 1 unspecified atom stereocenters. The Bertz CT molecular complexity index is 787. The summed E-state index contributed by atoms with van der Waals surface area (Å²) < 4.78 is 5.78. The van der Waals surface area contributed by atoms with E-state index in [-0.39, 0.29) is 11.9 Å². The van der Waals surface area contributed by atoms with Crippen molar-refractivity contribution < 1.29 is 9.53 Å². The first-order valence-corrected chi connectivity index (χ1v) is 11.1. The van der Waals surface area contributed by atoms with Gasteiger partial charge in [0.05, 0.1) is 12.6 Å². The van der Waals surface area contributed by atoms with Crippen molar-refractivity contribution in [3.8, 4) is 5.75 Å². The number of ether oxygens (including phenoxy) is 1. The van der Waals surface area contributed by atoms with Crippen molar-refractivity contribution in [1.82, 2.24) is 15.1 Å². The second kappa shape index (κ2) is 11.3. The van der Waals surface area contributed by atoms with Gasteiger partial charge in [-0.3, -0.25) is 14.6 Å². The highest BCUT2D eigenvalue weighted by molar-refractivity contribution is 6.30. The van der Waals surface area contributed by atoms with Gasteiger partial charge in [0.25, 0.3) is 0 Å². The van der Waals surface area contributed by atoms with E-state index in [1.54, 1.807) is 0 Å². The molecule has 6 heteroatoms. The van der Waals surface area contributed by atoms with Crippen molar-refractivity contribution in [2.24, 2.45) is 0 Å². The quantitative estimate of drug-likeness (QED) is 0.659. The van der Waals surface area contributed by atoms with Crippen LogP contribution >= 0.6 is 11.6 Å². The predicted octanol–water partition coefficient (Wildman–Crippen LogP) is 3.78. The highest BCUT2D eigenvalue weighted by atomic mass is 35.5. The van der Waals surface area contributed by atoms with Crippen LogP contribution in [0.25, 0.3) is 0 Å². The van der Waals surface area contributed by atoms with E-state index < -0.39 is 0 Å². The van der Waals surface area contributed by atoms with Gasteiger partial charge >= 0.3 is 0 Å². The average molecular weight is 430 g/mol. The van der Waals surface area contributed by atoms with Crippen LogP contribution in [-0.4, -0.2) is 61.6 Å². The van der Waals surface area contributed by atoms with Crippen molar-refractivity contribution in [3.05, 3.63) is 64.7 Å². The van der Waals surface area contributed by atoms with Gasteiger partial charge in [-0.15, -0.1) is 0 Å². The molecular formula is C24H32ClN3O2. The molecule has 2 aromatic rings. The molecule has 30 heavy (non-hydrogen) atoms. The number of benzene rings is 2. The van der Waals surface area contributed by atoms with Gasteiger partial charge in [0.1, 0.15) is 12.4 Å². The summed E-state index contributed by atoms with van der Waals surface area (Å²) in [5.41, 5.74) is 2.46. The minimum Gasteiger partial charge on any atom is -0.492 e. The summed E-state index contributed by atoms with van der Waals surface area (Å²) in [6.07, 6.45) is 1.03. The third-order valence-electron chi connectivity index (χ3n) is 5.59. The van der Waals surface area contributed by atoms with Crippen LogP contribution in [0.1, 0.15) is 31.0 Å². The van der Waals surface area contributed by atoms with Gasteiger partial charge < -0.3 is 10.1 Å². The fourth-order valence-electron chi connectivity index (χ4n) is 3.61. The first kappa shape index (κ1) is 22.6. The summed E-state index contributed by atoms with van der Waals surface area (Å²) in [4.78, 5) is 17.1. The lowest BCUT2D eigenvalue weighted by molar-refractivity contribution is -0.123. The van der Waals surface area contributed by atoms with E-state index in [1.807, 2.05) is 31.2 Å². The van der Waals surface area contributed by atoms with Crippen LogP contribution in [0.3, 0.4) is 0 Å². The third kappa shape index (κ3) is 7.01. The predicted molar refractivity (Wildman–Crippen MR) is 122 cm³/mol. The van der Waals surface area contributed by atoms with Gasteiger partial charge in [-0.2, -0.15) is 0 Å². The molecule has 5 nitrogen and oxygen atoms in total. The van der Waals surface area contributed by atoms with Gasteiger partial charge in [-0.1, -0.05) is 42.8 Å². The number of hydrogen-bond acceptors (Lipinski definition) is 4. The second-order valence-corrected chi connectivity index (χ2v) is 8.24. The van der Waals surface area contributed by atoms with Gasteiger partial charge in [-0.25, -0.2) is 0 Å². The zero-order valence-corrected chi connectivity index (χ0v) is 18.7. The molecule has 0 saturated carbocycles. The van der Waals surface area contributed by atoms with Crippen LogP contribution in [-0.2, 0) is 11.2 Å². The number of carbonyl (C=O) groups excluding carboxylic acids is 1. The Balaban J connectivity index is 1.33. The molecule has 2 aromatic carbocycles. The molecule has 0 aliphatic carbocycles. The van der Waals surface area contributed by atoms with E-state index in [2.05, 4.69) is 46.3 Å². The van der Waals surface area contributed by atoms with Crippen molar-refractivity contribution in [2.75, 3.05) is 45.9 Å². The van der Waals surface area contributed by atoms with Gasteiger partial charge in [0.2, 0.25) is 5.91 Å². The lowest BCUT2D eigenvalue weighted by Gasteiger charge is -2.34. The van der Waals surface area contributed by atoms with Crippen LogP contribution in [0.2, 0.25) is 5.02 Å². The number of aryl methyl sites for hydroxylation is 1. The zero-order valence-electron chi connectivity index (χ0n) is 17.9. The molecular weight excluding hydrogens is 398 g/mol. The first-order chi connectivity index (χ1) is 14.5. The molecule has 0 radical (unpaired) electrons. The Labute approximate surface area is 185 Å². The average Bonchev–Trinajstić information content (AvgIpc) is 2.76. The molecule has 1 amide bonds. The van der Waals surface area contributed by atoms with Gasteiger partial charge in [-0.05, 0) is 48.7 Å². The topological polar surface area (TPSA) is 44.8 Å². The molecule has 0 aromatic heterocycles. The number of nitrogens with zero attached hydrogens (tertiary/aromatic N) is 2. The standard InChI is InChI=1S/C24H32ClN3O2/c1-3-20-4-6-21(7-5-20)19(2)26-24(29)18-28-14-12-27(13-15-28)16-17-30-23-10-8-22(25)9-11-23/h4-11,19H,3,12-18H2,1-2H3,(H,26,29). The number of rotatable bonds is 9. The van der Waals surface area contributed by atoms with Crippen molar-refractivity contribution in [1.29, 1.82) is 0 Å². The van der Waals surface area contributed by atoms with Crippen LogP contribution in [0.15, 0.2) is 48.5 Å². The van der Waals surface area contributed by atoms with E-state index in [1.165, 1.54) is 5.56 Å². The summed E-state index contributed by atoms with van der Waals surface area (Å²) in [7, 11) is 0. The molecule has 1 atom stereocenters. The maximum absolute atomic E-state index is 12.5. The largest absolute Gasteiger partial charge is 0.492 e. The number of hydrogen-bond donors (Lipinski definition) is 1. The zero-order chi connectivity index (χ0) is 21.3. The highest BCUT2D eigenvalue weighted by Gasteiger charge is 2.19. The van der Waals surface area contributed by atoms with E-state index in [0.29, 0.717) is 18.2 Å². The number of halogens is 1. The normalized spacial score (nSPS) is 16.2. The van der Waals surface area contributed by atoms with E-state index >= 15 is 0 Å². The maximum atomic E-state index is 12.5. The second-order valence-electron chi connectivity index (χ2n) is 7.80. The lowest BCUT2D eigenvalue weighted by Crippen LogP contribution is -2.50. The smallest absolute Gasteiger partial charge is 0.234 e. The molecule has 0 bridgehead atoms. The number of carbonyl (C=O) groups is 1. The molecule has 1 aliphatic rings. The van der Waals surface area contributed by atoms with Crippen molar-refractivity contribution >= 4 is 17.5 Å². The molecule has 1 aliphatic heterocycles. The SMILES string of the molecule is CCc1ccc(C(C)NC(=O)CN2CCN(CCOc3ccc(Cl)cc3)CC2)cc1. The van der Waals surface area contributed by atoms with Crippen LogP contribution in [0.5, 0.6) is 5.75 Å². The molecule has 162 valence electrons. The number of nitrogens with one attached hydrogen (secondary N) is 1. The Morgan fingerprint density at radius 1 is 1.03 bits per heavy atom. The molecule has 0 spiro atoms. The summed E-state index contributed by atoms with van der Waals surface area (Å²) in [5.74, 6) is 0.926. The fourth-order valence-corrected chi connectivity index (χ4v) is 3.74. The van der Waals surface area contributed by atoms with Gasteiger partial charge in [0, 0.05) is 37.7 Å². The first-order valence-electron chi connectivity index (χ1n) is 10.7. The highest BCUT2D eigenvalue weighted by Crippen LogP contribution is 2.16. The molecule has 1 saturated heterocycles. The fraction of sp³-hybridized carbons (Fsp3) is 0.458. The van der Waals surface area contributed by atoms with Crippen LogP contribution in [0, 0.1) is 0 Å². The Morgan fingerprint density at radius 2 is 1.67 bits per heavy atom. The van der Waals surface area contributed by atoms with Gasteiger partial charge in [0.15, 0.2) is 0 Å². The molecule has 1 heterocycles. The lowest BCUT2D eigenvalue weighted by atomic mass is 10.1. The Hall–Kier alpha value is -2.08. The van der Waals surface area contributed by atoms with Crippen LogP contribution in [0.4, 0.5) is 0 Å². The Kier molecular flexibility index (Phi) is 8.55. The maximum Gasteiger partial charge on any atom is 0.234 e. The van der Waals surface area contributed by atoms with E-state index in [4.69, 9.17) is 16.3 Å². The molecule has 3 rings (SSSR count). The minimum atomic E-state index is 0.0229.